The number of rotatable bonds is 13. The number of ether oxygens (including phenoxy) is 1. The van der Waals surface area contributed by atoms with Crippen molar-refractivity contribution in [3.63, 3.8) is 0 Å². The van der Waals surface area contributed by atoms with Crippen LogP contribution in [0.2, 0.25) is 0 Å². The lowest BCUT2D eigenvalue weighted by molar-refractivity contribution is 0.0237. The zero-order valence-corrected chi connectivity index (χ0v) is 15.2. The van der Waals surface area contributed by atoms with Gasteiger partial charge in [0.25, 0.3) is 0 Å². The molecule has 0 fully saturated rings. The normalized spacial score (nSPS) is 13.7. The van der Waals surface area contributed by atoms with E-state index in [-0.39, 0.29) is 0 Å². The minimum atomic E-state index is 0.368. The molecule has 0 aromatic carbocycles. The van der Waals surface area contributed by atoms with Gasteiger partial charge in [-0.25, -0.2) is 0 Å². The number of unbranched alkanes of at least 4 members (excludes halogenated alkanes) is 1. The molecule has 0 aromatic rings. The predicted molar refractivity (Wildman–Crippen MR) is 90.2 cm³/mol. The summed E-state index contributed by atoms with van der Waals surface area (Å²) >= 11 is 3.72. The molecule has 2 heteroatoms. The zero-order valence-electron chi connectivity index (χ0n) is 13.6. The summed E-state index contributed by atoms with van der Waals surface area (Å²) in [6.45, 7) is 11.0. The summed E-state index contributed by atoms with van der Waals surface area (Å²) < 4.78 is 6.12. The second kappa shape index (κ2) is 12.2. The number of hydrogen-bond acceptors (Lipinski definition) is 1. The maximum Gasteiger partial charge on any atom is 0.0530 e. The van der Waals surface area contributed by atoms with Crippen molar-refractivity contribution in [1.29, 1.82) is 0 Å². The van der Waals surface area contributed by atoms with Gasteiger partial charge in [-0.15, -0.1) is 0 Å². The lowest BCUT2D eigenvalue weighted by Crippen LogP contribution is -2.30. The quantitative estimate of drug-likeness (QED) is 0.364. The Balaban J connectivity index is 4.14. The number of halogens is 1. The van der Waals surface area contributed by atoms with Gasteiger partial charge in [-0.2, -0.15) is 0 Å². The molecular weight excluding hydrogens is 300 g/mol. The van der Waals surface area contributed by atoms with E-state index in [4.69, 9.17) is 4.74 Å². The van der Waals surface area contributed by atoms with Gasteiger partial charge < -0.3 is 4.74 Å². The molecule has 116 valence electrons. The van der Waals surface area contributed by atoms with E-state index < -0.39 is 0 Å². The molecule has 0 spiro atoms. The first kappa shape index (κ1) is 19.4. The molecule has 0 rings (SSSR count). The van der Waals surface area contributed by atoms with E-state index in [9.17, 15) is 0 Å². The first-order chi connectivity index (χ1) is 9.17. The smallest absolute Gasteiger partial charge is 0.0530 e. The first-order valence-corrected chi connectivity index (χ1v) is 9.43. The molecule has 0 N–H and O–H groups in total. The second-order valence-electron chi connectivity index (χ2n) is 6.07. The molecule has 0 aromatic heterocycles. The lowest BCUT2D eigenvalue weighted by atomic mass is 9.82. The SMILES string of the molecule is CCCCC(CC)COCC(CBr)(CCC)CCC. The van der Waals surface area contributed by atoms with Crippen LogP contribution < -0.4 is 0 Å². The van der Waals surface area contributed by atoms with Crippen molar-refractivity contribution in [2.24, 2.45) is 11.3 Å². The molecule has 1 unspecified atom stereocenters. The monoisotopic (exact) mass is 334 g/mol. The van der Waals surface area contributed by atoms with Gasteiger partial charge in [0.2, 0.25) is 0 Å². The van der Waals surface area contributed by atoms with Crippen LogP contribution in [0.25, 0.3) is 0 Å². The molecule has 0 amide bonds. The van der Waals surface area contributed by atoms with E-state index in [1.54, 1.807) is 0 Å². The first-order valence-electron chi connectivity index (χ1n) is 8.31. The molecular formula is C17H35BrO. The molecule has 0 heterocycles. The fourth-order valence-corrected chi connectivity index (χ4v) is 3.57. The molecule has 0 aliphatic rings. The van der Waals surface area contributed by atoms with Gasteiger partial charge in [0.05, 0.1) is 6.61 Å². The summed E-state index contributed by atoms with van der Waals surface area (Å²) in [6.07, 6.45) is 10.3. The highest BCUT2D eigenvalue weighted by Crippen LogP contribution is 2.32. The van der Waals surface area contributed by atoms with Crippen molar-refractivity contribution in [3.8, 4) is 0 Å². The van der Waals surface area contributed by atoms with Crippen molar-refractivity contribution < 1.29 is 4.74 Å². The molecule has 0 bridgehead atoms. The van der Waals surface area contributed by atoms with Crippen LogP contribution in [0.3, 0.4) is 0 Å². The highest BCUT2D eigenvalue weighted by molar-refractivity contribution is 9.09. The Morgan fingerprint density at radius 1 is 1.00 bits per heavy atom. The fourth-order valence-electron chi connectivity index (χ4n) is 2.84. The fraction of sp³-hybridized carbons (Fsp3) is 1.00. The van der Waals surface area contributed by atoms with E-state index in [1.165, 1.54) is 51.4 Å². The van der Waals surface area contributed by atoms with Gasteiger partial charge in [0.1, 0.15) is 0 Å². The molecule has 0 saturated heterocycles. The summed E-state index contributed by atoms with van der Waals surface area (Å²) in [4.78, 5) is 0. The average molecular weight is 335 g/mol. The third-order valence-corrected chi connectivity index (χ3v) is 5.34. The minimum absolute atomic E-state index is 0.368. The van der Waals surface area contributed by atoms with Gasteiger partial charge in [-0.3, -0.25) is 0 Å². The Bertz CT molecular complexity index is 188. The third-order valence-electron chi connectivity index (χ3n) is 4.15. The van der Waals surface area contributed by atoms with Crippen LogP contribution in [0, 0.1) is 11.3 Å². The molecule has 1 nitrogen and oxygen atoms in total. The molecule has 0 saturated carbocycles. The van der Waals surface area contributed by atoms with Gasteiger partial charge in [0, 0.05) is 17.4 Å². The van der Waals surface area contributed by atoms with E-state index in [0.29, 0.717) is 5.41 Å². The number of hydrogen-bond donors (Lipinski definition) is 0. The van der Waals surface area contributed by atoms with Gasteiger partial charge in [-0.1, -0.05) is 75.7 Å². The molecule has 0 radical (unpaired) electrons. The van der Waals surface area contributed by atoms with Crippen LogP contribution in [0.4, 0.5) is 0 Å². The highest BCUT2D eigenvalue weighted by atomic mass is 79.9. The van der Waals surface area contributed by atoms with Crippen molar-refractivity contribution >= 4 is 15.9 Å². The van der Waals surface area contributed by atoms with E-state index in [1.807, 2.05) is 0 Å². The van der Waals surface area contributed by atoms with E-state index >= 15 is 0 Å². The van der Waals surface area contributed by atoms with Crippen LogP contribution in [-0.2, 0) is 4.74 Å². The van der Waals surface area contributed by atoms with E-state index in [0.717, 1.165) is 24.5 Å². The predicted octanol–water partition coefficient (Wildman–Crippen LogP) is 6.20. The standard InChI is InChI=1S/C17H35BrO/c1-5-9-10-16(8-4)13-19-15-17(14-18,11-6-2)12-7-3/h16H,5-15H2,1-4H3. The Labute approximate surface area is 130 Å². The van der Waals surface area contributed by atoms with Gasteiger partial charge in [0.15, 0.2) is 0 Å². The zero-order chi connectivity index (χ0) is 14.6. The van der Waals surface area contributed by atoms with Crippen molar-refractivity contribution in [1.82, 2.24) is 0 Å². The van der Waals surface area contributed by atoms with Gasteiger partial charge in [-0.05, 0) is 25.2 Å². The lowest BCUT2D eigenvalue weighted by Gasteiger charge is -2.32. The Kier molecular flexibility index (Phi) is 12.5. The van der Waals surface area contributed by atoms with Crippen LogP contribution >= 0.6 is 15.9 Å². The summed E-state index contributed by atoms with van der Waals surface area (Å²) in [5.41, 5.74) is 0.368. The van der Waals surface area contributed by atoms with Crippen molar-refractivity contribution in [2.75, 3.05) is 18.5 Å². The number of alkyl halides is 1. The molecule has 19 heavy (non-hydrogen) atoms. The summed E-state index contributed by atoms with van der Waals surface area (Å²) in [7, 11) is 0. The van der Waals surface area contributed by atoms with Gasteiger partial charge >= 0.3 is 0 Å². The average Bonchev–Trinajstić information content (AvgIpc) is 2.42. The largest absolute Gasteiger partial charge is 0.381 e. The van der Waals surface area contributed by atoms with Crippen molar-refractivity contribution in [3.05, 3.63) is 0 Å². The maximum atomic E-state index is 6.12. The van der Waals surface area contributed by atoms with Crippen LogP contribution in [0.1, 0.15) is 79.1 Å². The summed E-state index contributed by atoms with van der Waals surface area (Å²) in [6, 6.07) is 0. The van der Waals surface area contributed by atoms with Crippen LogP contribution in [0.15, 0.2) is 0 Å². The van der Waals surface area contributed by atoms with E-state index in [2.05, 4.69) is 43.6 Å². The minimum Gasteiger partial charge on any atom is -0.381 e. The Hall–Kier alpha value is 0.440. The van der Waals surface area contributed by atoms with Crippen LogP contribution in [0.5, 0.6) is 0 Å². The highest BCUT2D eigenvalue weighted by Gasteiger charge is 2.27. The molecule has 0 aliphatic heterocycles. The Morgan fingerprint density at radius 2 is 1.63 bits per heavy atom. The van der Waals surface area contributed by atoms with Crippen LogP contribution in [-0.4, -0.2) is 18.5 Å². The third kappa shape index (κ3) is 8.34. The topological polar surface area (TPSA) is 9.23 Å². The second-order valence-corrected chi connectivity index (χ2v) is 6.63. The summed E-state index contributed by atoms with van der Waals surface area (Å²) in [5, 5.41) is 1.08. The Morgan fingerprint density at radius 3 is 2.05 bits per heavy atom. The van der Waals surface area contributed by atoms with Crippen molar-refractivity contribution in [2.45, 2.75) is 79.1 Å². The summed E-state index contributed by atoms with van der Waals surface area (Å²) in [5.74, 6) is 0.760. The molecule has 1 atom stereocenters. The maximum absolute atomic E-state index is 6.12. The molecule has 0 aliphatic carbocycles.